The Hall–Kier alpha value is -3.99. The second-order valence-electron chi connectivity index (χ2n) is 10.9. The molecule has 3 saturated heterocycles. The van der Waals surface area contributed by atoms with E-state index < -0.39 is 6.09 Å². The van der Waals surface area contributed by atoms with Gasteiger partial charge in [-0.3, -0.25) is 5.10 Å². The molecule has 0 aliphatic carbocycles. The molecule has 4 atom stereocenters. The molecule has 0 spiro atoms. The van der Waals surface area contributed by atoms with Crippen molar-refractivity contribution >= 4 is 22.8 Å². The molecule has 39 heavy (non-hydrogen) atoms. The summed E-state index contributed by atoms with van der Waals surface area (Å²) in [5.74, 6) is 0.793. The van der Waals surface area contributed by atoms with Crippen molar-refractivity contribution in [2.24, 2.45) is 0 Å². The zero-order chi connectivity index (χ0) is 26.5. The molecule has 3 aliphatic rings. The van der Waals surface area contributed by atoms with Crippen LogP contribution in [0.1, 0.15) is 51.2 Å². The van der Waals surface area contributed by atoms with Crippen molar-refractivity contribution in [2.45, 2.75) is 69.3 Å². The summed E-state index contributed by atoms with van der Waals surface area (Å²) in [6.45, 7) is 0.779. The first kappa shape index (κ1) is 24.1. The van der Waals surface area contributed by atoms with Crippen LogP contribution in [0.25, 0.3) is 33.3 Å². The second kappa shape index (κ2) is 9.64. The fourth-order valence-corrected chi connectivity index (χ4v) is 6.69. The van der Waals surface area contributed by atoms with Gasteiger partial charge in [0.15, 0.2) is 5.82 Å². The predicted molar refractivity (Wildman–Crippen MR) is 145 cm³/mol. The highest BCUT2D eigenvalue weighted by Crippen LogP contribution is 2.39. The molecule has 2 N–H and O–H groups in total. The number of H-pyrrole nitrogens is 1. The molecule has 1 aromatic carbocycles. The van der Waals surface area contributed by atoms with Crippen LogP contribution in [0.15, 0.2) is 42.9 Å². The quantitative estimate of drug-likeness (QED) is 0.382. The first-order chi connectivity index (χ1) is 19.1. The zero-order valence-electron chi connectivity index (χ0n) is 21.9. The average Bonchev–Trinajstić information content (AvgIpc) is 3.71. The van der Waals surface area contributed by atoms with Gasteiger partial charge in [0.1, 0.15) is 6.23 Å². The SMILES string of the molecule is CN(c1ccc(-c2ccc(-c3cnn(C4CCCCO4)c3)c3cn[nH]c23)nn1)[C@@H]1C[C@H]2CC[C@@H](C1)N2C(=O)O. The Morgan fingerprint density at radius 1 is 1.05 bits per heavy atom. The van der Waals surface area contributed by atoms with E-state index in [1.54, 1.807) is 4.90 Å². The molecule has 3 aromatic heterocycles. The van der Waals surface area contributed by atoms with Crippen LogP contribution in [-0.2, 0) is 4.74 Å². The highest BCUT2D eigenvalue weighted by Gasteiger charge is 2.44. The molecule has 3 aliphatic heterocycles. The van der Waals surface area contributed by atoms with Crippen LogP contribution in [-0.4, -0.2) is 78.1 Å². The summed E-state index contributed by atoms with van der Waals surface area (Å²) >= 11 is 0. The van der Waals surface area contributed by atoms with Crippen molar-refractivity contribution in [1.82, 2.24) is 35.1 Å². The molecule has 202 valence electrons. The van der Waals surface area contributed by atoms with Gasteiger partial charge in [0.25, 0.3) is 0 Å². The summed E-state index contributed by atoms with van der Waals surface area (Å²) in [6, 6.07) is 8.56. The second-order valence-corrected chi connectivity index (χ2v) is 10.9. The summed E-state index contributed by atoms with van der Waals surface area (Å²) in [6.07, 6.45) is 11.7. The fourth-order valence-electron chi connectivity index (χ4n) is 6.69. The number of aromatic nitrogens is 6. The van der Waals surface area contributed by atoms with E-state index in [0.717, 1.165) is 90.7 Å². The minimum absolute atomic E-state index is 0.00147. The van der Waals surface area contributed by atoms with Crippen LogP contribution >= 0.6 is 0 Å². The van der Waals surface area contributed by atoms with Crippen molar-refractivity contribution in [3.63, 3.8) is 0 Å². The molecular formula is C28H32N8O3. The number of rotatable bonds is 5. The maximum Gasteiger partial charge on any atom is 0.407 e. The van der Waals surface area contributed by atoms with Gasteiger partial charge in [-0.1, -0.05) is 6.07 Å². The Labute approximate surface area is 225 Å². The number of aromatic amines is 1. The maximum absolute atomic E-state index is 11.6. The van der Waals surface area contributed by atoms with Gasteiger partial charge in [0.05, 0.1) is 23.6 Å². The number of fused-ring (bicyclic) bond motifs is 3. The number of anilines is 1. The first-order valence-corrected chi connectivity index (χ1v) is 13.8. The maximum atomic E-state index is 11.6. The number of piperidine rings is 1. The van der Waals surface area contributed by atoms with E-state index in [1.165, 1.54) is 0 Å². The van der Waals surface area contributed by atoms with E-state index in [-0.39, 0.29) is 24.4 Å². The Bertz CT molecular complexity index is 1480. The number of carboxylic acid groups (broad SMARTS) is 1. The van der Waals surface area contributed by atoms with E-state index in [4.69, 9.17) is 4.74 Å². The van der Waals surface area contributed by atoms with Crippen LogP contribution in [0.2, 0.25) is 0 Å². The number of benzene rings is 1. The lowest BCUT2D eigenvalue weighted by Gasteiger charge is -2.41. The molecule has 0 radical (unpaired) electrons. The third-order valence-electron chi connectivity index (χ3n) is 8.74. The molecule has 11 heteroatoms. The molecular weight excluding hydrogens is 496 g/mol. The lowest BCUT2D eigenvalue weighted by atomic mass is 9.96. The van der Waals surface area contributed by atoms with Crippen LogP contribution in [0.3, 0.4) is 0 Å². The van der Waals surface area contributed by atoms with Crippen LogP contribution in [0.5, 0.6) is 0 Å². The Morgan fingerprint density at radius 3 is 2.59 bits per heavy atom. The molecule has 0 saturated carbocycles. The minimum Gasteiger partial charge on any atom is -0.465 e. The van der Waals surface area contributed by atoms with Crippen LogP contribution < -0.4 is 4.90 Å². The van der Waals surface area contributed by atoms with Crippen molar-refractivity contribution in [2.75, 3.05) is 18.6 Å². The highest BCUT2D eigenvalue weighted by atomic mass is 16.5. The van der Waals surface area contributed by atoms with E-state index in [0.29, 0.717) is 0 Å². The Balaban J connectivity index is 1.12. The standard InChI is InChI=1S/C28H32N8O3/c1-34(20-12-18-5-6-19(13-20)36(18)28(37)38)25-10-9-24(31-32-25)22-8-7-21(23-15-29-33-27(22)23)17-14-30-35(16-17)26-4-2-3-11-39-26/h7-10,14-16,18-20,26H,2-6,11-13H2,1H3,(H,29,33)(H,37,38)/t18-,19+,20-,26?. The number of hydrogen-bond donors (Lipinski definition) is 2. The average molecular weight is 529 g/mol. The zero-order valence-corrected chi connectivity index (χ0v) is 21.9. The normalized spacial score (nSPS) is 24.8. The third kappa shape index (κ3) is 4.21. The van der Waals surface area contributed by atoms with Gasteiger partial charge in [0.2, 0.25) is 0 Å². The number of nitrogens with one attached hydrogen (secondary N) is 1. The topological polar surface area (TPSA) is 125 Å². The van der Waals surface area contributed by atoms with E-state index >= 15 is 0 Å². The molecule has 11 nitrogen and oxygen atoms in total. The lowest BCUT2D eigenvalue weighted by Crippen LogP contribution is -2.51. The van der Waals surface area contributed by atoms with Gasteiger partial charge in [-0.05, 0) is 68.7 Å². The van der Waals surface area contributed by atoms with Gasteiger partial charge in [0, 0.05) is 54.5 Å². The van der Waals surface area contributed by atoms with Crippen LogP contribution in [0, 0.1) is 0 Å². The molecule has 4 aromatic rings. The summed E-state index contributed by atoms with van der Waals surface area (Å²) in [4.78, 5) is 15.5. The number of hydrogen-bond acceptors (Lipinski definition) is 7. The van der Waals surface area contributed by atoms with Gasteiger partial charge in [-0.2, -0.15) is 10.2 Å². The van der Waals surface area contributed by atoms with Crippen LogP contribution in [0.4, 0.5) is 10.6 Å². The number of carbonyl (C=O) groups is 1. The summed E-state index contributed by atoms with van der Waals surface area (Å²) < 4.78 is 7.82. The fraction of sp³-hybridized carbons (Fsp3) is 0.464. The largest absolute Gasteiger partial charge is 0.465 e. The van der Waals surface area contributed by atoms with E-state index in [9.17, 15) is 9.90 Å². The van der Waals surface area contributed by atoms with Crippen molar-refractivity contribution in [3.8, 4) is 22.4 Å². The van der Waals surface area contributed by atoms with Crippen molar-refractivity contribution in [1.29, 1.82) is 0 Å². The smallest absolute Gasteiger partial charge is 0.407 e. The Morgan fingerprint density at radius 2 is 1.87 bits per heavy atom. The number of amides is 1. The minimum atomic E-state index is -0.795. The van der Waals surface area contributed by atoms with Gasteiger partial charge < -0.3 is 19.6 Å². The highest BCUT2D eigenvalue weighted by molar-refractivity contribution is 6.01. The molecule has 1 amide bonds. The van der Waals surface area contributed by atoms with E-state index in [2.05, 4.69) is 48.7 Å². The van der Waals surface area contributed by atoms with Crippen molar-refractivity contribution in [3.05, 3.63) is 42.9 Å². The van der Waals surface area contributed by atoms with Gasteiger partial charge >= 0.3 is 6.09 Å². The summed E-state index contributed by atoms with van der Waals surface area (Å²) in [7, 11) is 2.03. The van der Waals surface area contributed by atoms with Gasteiger partial charge in [-0.25, -0.2) is 9.48 Å². The number of ether oxygens (including phenoxy) is 1. The lowest BCUT2D eigenvalue weighted by molar-refractivity contribution is -0.0394. The molecule has 2 bridgehead atoms. The summed E-state index contributed by atoms with van der Waals surface area (Å²) in [5.41, 5.74) is 4.68. The number of nitrogens with zero attached hydrogens (tertiary/aromatic N) is 7. The van der Waals surface area contributed by atoms with Gasteiger partial charge in [-0.15, -0.1) is 10.2 Å². The predicted octanol–water partition coefficient (Wildman–Crippen LogP) is 4.69. The van der Waals surface area contributed by atoms with E-state index in [1.807, 2.05) is 36.3 Å². The monoisotopic (exact) mass is 528 g/mol. The molecule has 3 fully saturated rings. The molecule has 7 rings (SSSR count). The first-order valence-electron chi connectivity index (χ1n) is 13.8. The molecule has 6 heterocycles. The summed E-state index contributed by atoms with van der Waals surface area (Å²) in [5, 5.41) is 31.8. The third-order valence-corrected chi connectivity index (χ3v) is 8.74. The van der Waals surface area contributed by atoms with Crippen molar-refractivity contribution < 1.29 is 14.6 Å². The molecule has 1 unspecified atom stereocenters. The Kier molecular flexibility index (Phi) is 5.95.